The zero-order valence-corrected chi connectivity index (χ0v) is 24.4. The summed E-state index contributed by atoms with van der Waals surface area (Å²) >= 11 is 0. The Kier molecular flexibility index (Phi) is 10.6. The molecule has 0 radical (unpaired) electrons. The summed E-state index contributed by atoms with van der Waals surface area (Å²) in [5.41, 5.74) is 2.10. The van der Waals surface area contributed by atoms with Gasteiger partial charge >= 0.3 is 12.3 Å². The van der Waals surface area contributed by atoms with Crippen molar-refractivity contribution in [3.63, 3.8) is 0 Å². The predicted molar refractivity (Wildman–Crippen MR) is 159 cm³/mol. The molecule has 11 heteroatoms. The van der Waals surface area contributed by atoms with Crippen LogP contribution in [0.15, 0.2) is 78.4 Å². The summed E-state index contributed by atoms with van der Waals surface area (Å²) < 4.78 is 41.7. The van der Waals surface area contributed by atoms with Gasteiger partial charge in [-0.2, -0.15) is 0 Å². The highest BCUT2D eigenvalue weighted by molar-refractivity contribution is 6.34. The molecule has 1 unspecified atom stereocenters. The molecule has 1 fully saturated rings. The maximum atomic E-state index is 13.9. The van der Waals surface area contributed by atoms with Crippen molar-refractivity contribution in [2.45, 2.75) is 57.4 Å². The fourth-order valence-electron chi connectivity index (χ4n) is 5.31. The van der Waals surface area contributed by atoms with Gasteiger partial charge in [0.15, 0.2) is 17.7 Å². The number of carboxylic acids is 1. The van der Waals surface area contributed by atoms with Crippen molar-refractivity contribution in [3.8, 4) is 5.75 Å². The molecule has 45 heavy (non-hydrogen) atoms. The first kappa shape index (κ1) is 33.1. The van der Waals surface area contributed by atoms with Gasteiger partial charge in [0.1, 0.15) is 5.75 Å². The minimum absolute atomic E-state index is 0.0571. The highest BCUT2D eigenvalue weighted by Crippen LogP contribution is 2.34. The molecule has 0 spiro atoms. The Morgan fingerprint density at radius 1 is 0.800 bits per heavy atom. The molecule has 3 aromatic carbocycles. The van der Waals surface area contributed by atoms with E-state index in [1.807, 2.05) is 12.1 Å². The molecule has 1 atom stereocenters. The minimum Gasteiger partial charge on any atom is -0.479 e. The van der Waals surface area contributed by atoms with Crippen molar-refractivity contribution in [1.29, 1.82) is 0 Å². The Balaban J connectivity index is 1.66. The first-order valence-corrected chi connectivity index (χ1v) is 14.4. The average Bonchev–Trinajstić information content (AvgIpc) is 3.03. The van der Waals surface area contributed by atoms with Crippen LogP contribution in [-0.2, 0) is 4.79 Å². The number of ether oxygens (including phenoxy) is 1. The van der Waals surface area contributed by atoms with E-state index >= 15 is 0 Å². The molecule has 0 bridgehead atoms. The number of allylic oxidation sites excluding steroid dienone is 2. The van der Waals surface area contributed by atoms with Gasteiger partial charge in [-0.3, -0.25) is 14.4 Å². The second-order valence-electron chi connectivity index (χ2n) is 10.8. The number of alkyl halides is 3. The van der Waals surface area contributed by atoms with Crippen LogP contribution in [0.3, 0.4) is 0 Å². The van der Waals surface area contributed by atoms with Crippen LogP contribution < -0.4 is 10.1 Å². The highest BCUT2D eigenvalue weighted by Gasteiger charge is 2.31. The number of aliphatic carboxylic acids is 1. The van der Waals surface area contributed by atoms with Crippen molar-refractivity contribution in [3.05, 3.63) is 106 Å². The largest absolute Gasteiger partial charge is 0.573 e. The summed E-state index contributed by atoms with van der Waals surface area (Å²) in [6, 6.07) is 17.4. The lowest BCUT2D eigenvalue weighted by Gasteiger charge is -2.22. The zero-order valence-electron chi connectivity index (χ0n) is 24.4. The number of carboxylic acid groups (broad SMARTS) is 1. The summed E-state index contributed by atoms with van der Waals surface area (Å²) in [5.74, 6) is -3.31. The van der Waals surface area contributed by atoms with Crippen molar-refractivity contribution in [1.82, 2.24) is 5.32 Å². The summed E-state index contributed by atoms with van der Waals surface area (Å²) in [6.45, 7) is 0.962. The van der Waals surface area contributed by atoms with Crippen LogP contribution in [0.5, 0.6) is 5.75 Å². The molecule has 8 nitrogen and oxygen atoms in total. The third-order valence-corrected chi connectivity index (χ3v) is 7.72. The third-order valence-electron chi connectivity index (χ3n) is 7.72. The fourth-order valence-corrected chi connectivity index (χ4v) is 5.31. The molecule has 3 aromatic rings. The third kappa shape index (κ3) is 8.66. The molecule has 236 valence electrons. The van der Waals surface area contributed by atoms with Gasteiger partial charge < -0.3 is 20.3 Å². The SMILES string of the molecule is C/C(C(=O)c1ccc(OC(F)(F)F)cc1)=C(\C(=O)c1ccc(C(=O)NCC(O)C(=O)O)cc1)c1ccc(C2CCCCC2)cc1. The van der Waals surface area contributed by atoms with Gasteiger partial charge in [-0.15, -0.1) is 13.2 Å². The Hall–Kier alpha value is -4.77. The van der Waals surface area contributed by atoms with Crippen LogP contribution in [0.25, 0.3) is 5.57 Å². The molecule has 0 saturated heterocycles. The smallest absolute Gasteiger partial charge is 0.479 e. The number of halogens is 3. The maximum absolute atomic E-state index is 13.9. The lowest BCUT2D eigenvalue weighted by atomic mass is 9.83. The summed E-state index contributed by atoms with van der Waals surface area (Å²) in [4.78, 5) is 50.7. The first-order chi connectivity index (χ1) is 21.3. The molecule has 4 rings (SSSR count). The van der Waals surface area contributed by atoms with Gasteiger partial charge in [0.2, 0.25) is 0 Å². The number of carbonyl (C=O) groups is 4. The molecule has 0 aromatic heterocycles. The lowest BCUT2D eigenvalue weighted by Crippen LogP contribution is -2.36. The number of aliphatic hydroxyl groups is 1. The highest BCUT2D eigenvalue weighted by atomic mass is 19.4. The standard InChI is InChI=1S/C34H32F3NO7/c1-20(30(40)24-15-17-27(18-16-24)45-34(35,36)37)29(23-9-7-22(8-10-23)21-5-3-2-4-6-21)31(41)25-11-13-26(14-12-25)32(42)38-19-28(39)33(43)44/h7-18,21,28,39H,2-6,19H2,1H3,(H,38,42)(H,43,44)/b29-20+. The zero-order chi connectivity index (χ0) is 32.7. The topological polar surface area (TPSA) is 130 Å². The van der Waals surface area contributed by atoms with E-state index in [4.69, 9.17) is 5.11 Å². The van der Waals surface area contributed by atoms with Crippen LogP contribution in [0.2, 0.25) is 0 Å². The number of benzene rings is 3. The molecular weight excluding hydrogens is 591 g/mol. The summed E-state index contributed by atoms with van der Waals surface area (Å²) in [5, 5.41) is 20.5. The minimum atomic E-state index is -4.89. The van der Waals surface area contributed by atoms with Gasteiger partial charge in [-0.1, -0.05) is 55.7 Å². The average molecular weight is 624 g/mol. The van der Waals surface area contributed by atoms with Gasteiger partial charge in [-0.05, 0) is 73.2 Å². The Labute approximate surface area is 257 Å². The van der Waals surface area contributed by atoms with Crippen LogP contribution in [-0.4, -0.2) is 52.7 Å². The van der Waals surface area contributed by atoms with E-state index in [2.05, 4.69) is 10.1 Å². The number of rotatable bonds is 11. The summed E-state index contributed by atoms with van der Waals surface area (Å²) in [6.07, 6.45) is -1.04. The van der Waals surface area contributed by atoms with Gasteiger partial charge in [0.05, 0.1) is 6.54 Å². The molecule has 1 amide bonds. The number of hydrogen-bond acceptors (Lipinski definition) is 6. The normalized spacial score (nSPS) is 15.0. The van der Waals surface area contributed by atoms with E-state index < -0.39 is 48.2 Å². The number of carbonyl (C=O) groups excluding carboxylic acids is 3. The molecular formula is C34H32F3NO7. The fraction of sp³-hybridized carbons (Fsp3) is 0.294. The quantitative estimate of drug-likeness (QED) is 0.168. The Morgan fingerprint density at radius 3 is 1.87 bits per heavy atom. The number of nitrogens with one attached hydrogen (secondary N) is 1. The molecule has 0 aliphatic heterocycles. The molecule has 1 aliphatic rings. The van der Waals surface area contributed by atoms with E-state index in [-0.39, 0.29) is 27.8 Å². The van der Waals surface area contributed by atoms with E-state index in [1.165, 1.54) is 49.7 Å². The van der Waals surface area contributed by atoms with Gasteiger partial charge in [-0.25, -0.2) is 4.79 Å². The first-order valence-electron chi connectivity index (χ1n) is 14.4. The predicted octanol–water partition coefficient (Wildman–Crippen LogP) is 6.35. The van der Waals surface area contributed by atoms with E-state index in [1.54, 1.807) is 12.1 Å². The molecule has 0 heterocycles. The number of Topliss-reactive ketones (excluding diaryl/α,β-unsaturated/α-hetero) is 2. The lowest BCUT2D eigenvalue weighted by molar-refractivity contribution is -0.274. The molecule has 1 aliphatic carbocycles. The van der Waals surface area contributed by atoms with Crippen molar-refractivity contribution >= 4 is 29.0 Å². The van der Waals surface area contributed by atoms with Crippen LogP contribution in [0, 0.1) is 0 Å². The van der Waals surface area contributed by atoms with Crippen molar-refractivity contribution in [2.24, 2.45) is 0 Å². The van der Waals surface area contributed by atoms with Crippen LogP contribution in [0.1, 0.15) is 87.1 Å². The van der Waals surface area contributed by atoms with E-state index in [0.717, 1.165) is 43.4 Å². The van der Waals surface area contributed by atoms with E-state index in [0.29, 0.717) is 11.5 Å². The number of ketones is 2. The Morgan fingerprint density at radius 2 is 1.31 bits per heavy atom. The maximum Gasteiger partial charge on any atom is 0.573 e. The van der Waals surface area contributed by atoms with Crippen molar-refractivity contribution < 1.29 is 47.3 Å². The molecule has 3 N–H and O–H groups in total. The van der Waals surface area contributed by atoms with Crippen LogP contribution in [0.4, 0.5) is 13.2 Å². The Bertz CT molecular complexity index is 1570. The van der Waals surface area contributed by atoms with E-state index in [9.17, 15) is 37.5 Å². The number of hydrogen-bond donors (Lipinski definition) is 3. The second kappa shape index (κ2) is 14.3. The second-order valence-corrected chi connectivity index (χ2v) is 10.8. The van der Waals surface area contributed by atoms with Gasteiger partial charge in [0, 0.05) is 27.8 Å². The molecule has 1 saturated carbocycles. The number of amides is 1. The number of aliphatic hydroxyl groups excluding tert-OH is 1. The van der Waals surface area contributed by atoms with Crippen LogP contribution >= 0.6 is 0 Å². The summed E-state index contributed by atoms with van der Waals surface area (Å²) in [7, 11) is 0. The monoisotopic (exact) mass is 623 g/mol. The van der Waals surface area contributed by atoms with Crippen molar-refractivity contribution in [2.75, 3.05) is 6.54 Å². The van der Waals surface area contributed by atoms with Gasteiger partial charge in [0.25, 0.3) is 5.91 Å².